The van der Waals surface area contributed by atoms with Gasteiger partial charge >= 0.3 is 0 Å². The molecule has 0 fully saturated rings. The average Bonchev–Trinajstić information content (AvgIpc) is 2.43. The van der Waals surface area contributed by atoms with Crippen LogP contribution in [0, 0.1) is 0 Å². The zero-order valence-corrected chi connectivity index (χ0v) is 9.16. The maximum Gasteiger partial charge on any atom is 0.237 e. The van der Waals surface area contributed by atoms with Gasteiger partial charge in [-0.2, -0.15) is 0 Å². The van der Waals surface area contributed by atoms with Crippen LogP contribution in [-0.2, 0) is 10.2 Å². The number of carbonyl (C=O) groups is 1. The van der Waals surface area contributed by atoms with Gasteiger partial charge in [-0.25, -0.2) is 0 Å². The van der Waals surface area contributed by atoms with Gasteiger partial charge in [-0.15, -0.1) is 0 Å². The van der Waals surface area contributed by atoms with Crippen LogP contribution in [0.3, 0.4) is 0 Å². The topological polar surface area (TPSA) is 46.3 Å². The van der Waals surface area contributed by atoms with Gasteiger partial charge in [0.15, 0.2) is 0 Å². The second-order valence-corrected chi connectivity index (χ2v) is 4.25. The van der Waals surface area contributed by atoms with Crippen LogP contribution in [0.25, 0.3) is 0 Å². The molecule has 0 radical (unpaired) electrons. The lowest BCUT2D eigenvalue weighted by atomic mass is 9.81. The molecule has 1 atom stereocenters. The summed E-state index contributed by atoms with van der Waals surface area (Å²) < 4.78 is 0. The monoisotopic (exact) mass is 204 g/mol. The first kappa shape index (κ1) is 10.2. The zero-order valence-electron chi connectivity index (χ0n) is 9.16. The van der Waals surface area contributed by atoms with Crippen molar-refractivity contribution < 1.29 is 4.79 Å². The molecule has 3 nitrogen and oxygen atoms in total. The lowest BCUT2D eigenvalue weighted by Gasteiger charge is -2.22. The normalized spacial score (nSPS) is 24.5. The van der Waals surface area contributed by atoms with E-state index in [1.807, 2.05) is 38.2 Å². The summed E-state index contributed by atoms with van der Waals surface area (Å²) >= 11 is 0. The largest absolute Gasteiger partial charge is 0.330 e. The quantitative estimate of drug-likeness (QED) is 0.788. The Kier molecular flexibility index (Phi) is 2.27. The summed E-state index contributed by atoms with van der Waals surface area (Å²) in [6.07, 6.45) is 0.702. The molecule has 0 saturated carbocycles. The summed E-state index contributed by atoms with van der Waals surface area (Å²) in [5.74, 6) is 0.147. The van der Waals surface area contributed by atoms with Crippen molar-refractivity contribution in [3.63, 3.8) is 0 Å². The van der Waals surface area contributed by atoms with Crippen molar-refractivity contribution >= 4 is 11.6 Å². The molecule has 1 amide bonds. The predicted octanol–water partition coefficient (Wildman–Crippen LogP) is 1.27. The van der Waals surface area contributed by atoms with E-state index < -0.39 is 5.41 Å². The van der Waals surface area contributed by atoms with Crippen molar-refractivity contribution in [3.05, 3.63) is 29.8 Å². The van der Waals surface area contributed by atoms with Gasteiger partial charge < -0.3 is 10.6 Å². The Labute approximate surface area is 89.9 Å². The van der Waals surface area contributed by atoms with Crippen LogP contribution in [0.5, 0.6) is 0 Å². The molecule has 0 bridgehead atoms. The molecule has 0 aromatic heterocycles. The number of benzene rings is 1. The number of nitrogens with zero attached hydrogens (tertiary/aromatic N) is 1. The maximum atomic E-state index is 12.1. The van der Waals surface area contributed by atoms with Crippen LogP contribution >= 0.6 is 0 Å². The van der Waals surface area contributed by atoms with E-state index >= 15 is 0 Å². The summed E-state index contributed by atoms with van der Waals surface area (Å²) in [5, 5.41) is 0. The lowest BCUT2D eigenvalue weighted by molar-refractivity contribution is -0.122. The van der Waals surface area contributed by atoms with Crippen molar-refractivity contribution in [1.29, 1.82) is 0 Å². The minimum atomic E-state index is -0.430. The first-order chi connectivity index (χ1) is 7.11. The molecule has 0 spiro atoms. The molecule has 1 heterocycles. The van der Waals surface area contributed by atoms with E-state index in [9.17, 15) is 4.79 Å². The Balaban J connectivity index is 2.55. The molecule has 1 aromatic carbocycles. The fraction of sp³-hybridized carbons (Fsp3) is 0.417. The second kappa shape index (κ2) is 3.35. The first-order valence-electron chi connectivity index (χ1n) is 5.19. The number of carbonyl (C=O) groups excluding carboxylic acids is 1. The van der Waals surface area contributed by atoms with E-state index in [2.05, 4.69) is 0 Å². The molecule has 1 unspecified atom stereocenters. The van der Waals surface area contributed by atoms with Crippen LogP contribution in [0.4, 0.5) is 5.69 Å². The number of nitrogens with two attached hydrogens (primary N) is 1. The number of fused-ring (bicyclic) bond motifs is 1. The van der Waals surface area contributed by atoms with E-state index in [0.717, 1.165) is 11.3 Å². The molecular formula is C12H16N2O. The van der Waals surface area contributed by atoms with E-state index in [0.29, 0.717) is 13.0 Å². The van der Waals surface area contributed by atoms with E-state index in [1.165, 1.54) is 0 Å². The van der Waals surface area contributed by atoms with Gasteiger partial charge in [0, 0.05) is 12.7 Å². The third-order valence-corrected chi connectivity index (χ3v) is 3.28. The molecule has 0 aliphatic carbocycles. The zero-order chi connectivity index (χ0) is 11.1. The third-order valence-electron chi connectivity index (χ3n) is 3.28. The molecule has 80 valence electrons. The minimum Gasteiger partial charge on any atom is -0.330 e. The summed E-state index contributed by atoms with van der Waals surface area (Å²) in [6.45, 7) is 2.51. The number of rotatable bonds is 2. The standard InChI is InChI=1S/C12H16N2O/c1-12(7-8-13)9-5-3-4-6-10(9)14(2)11(12)15/h3-6H,7-8,13H2,1-2H3. The van der Waals surface area contributed by atoms with Gasteiger partial charge in [0.05, 0.1) is 5.41 Å². The highest BCUT2D eigenvalue weighted by Gasteiger charge is 2.44. The van der Waals surface area contributed by atoms with Crippen molar-refractivity contribution in [3.8, 4) is 0 Å². The highest BCUT2D eigenvalue weighted by molar-refractivity contribution is 6.07. The maximum absolute atomic E-state index is 12.1. The average molecular weight is 204 g/mol. The Morgan fingerprint density at radius 1 is 1.40 bits per heavy atom. The Morgan fingerprint density at radius 3 is 2.73 bits per heavy atom. The molecule has 1 aromatic rings. The van der Waals surface area contributed by atoms with Crippen LogP contribution in [0.2, 0.25) is 0 Å². The number of para-hydroxylation sites is 1. The lowest BCUT2D eigenvalue weighted by Crippen LogP contribution is -2.37. The smallest absolute Gasteiger partial charge is 0.237 e. The SMILES string of the molecule is CN1C(=O)C(C)(CCN)c2ccccc21. The van der Waals surface area contributed by atoms with Crippen molar-refractivity contribution in [1.82, 2.24) is 0 Å². The third kappa shape index (κ3) is 1.27. The van der Waals surface area contributed by atoms with Gasteiger partial charge in [0.2, 0.25) is 5.91 Å². The van der Waals surface area contributed by atoms with Gasteiger partial charge in [-0.3, -0.25) is 4.79 Å². The second-order valence-electron chi connectivity index (χ2n) is 4.25. The number of hydrogen-bond acceptors (Lipinski definition) is 2. The number of amides is 1. The highest BCUT2D eigenvalue weighted by Crippen LogP contribution is 2.42. The van der Waals surface area contributed by atoms with Gasteiger partial charge in [0.1, 0.15) is 0 Å². The van der Waals surface area contributed by atoms with Gasteiger partial charge in [0.25, 0.3) is 0 Å². The molecule has 2 rings (SSSR count). The number of hydrogen-bond donors (Lipinski definition) is 1. The molecular weight excluding hydrogens is 188 g/mol. The highest BCUT2D eigenvalue weighted by atomic mass is 16.2. The van der Waals surface area contributed by atoms with Crippen molar-refractivity contribution in [2.45, 2.75) is 18.8 Å². The summed E-state index contributed by atoms with van der Waals surface area (Å²) in [6, 6.07) is 7.93. The molecule has 1 aliphatic heterocycles. The molecule has 15 heavy (non-hydrogen) atoms. The number of anilines is 1. The van der Waals surface area contributed by atoms with Crippen molar-refractivity contribution in [2.75, 3.05) is 18.5 Å². The summed E-state index contributed by atoms with van der Waals surface area (Å²) in [4.78, 5) is 13.9. The Hall–Kier alpha value is -1.35. The van der Waals surface area contributed by atoms with Crippen LogP contribution < -0.4 is 10.6 Å². The van der Waals surface area contributed by atoms with E-state index in [-0.39, 0.29) is 5.91 Å². The summed E-state index contributed by atoms with van der Waals surface area (Å²) in [7, 11) is 1.82. The minimum absolute atomic E-state index is 0.147. The molecule has 3 heteroatoms. The van der Waals surface area contributed by atoms with Crippen molar-refractivity contribution in [2.24, 2.45) is 5.73 Å². The van der Waals surface area contributed by atoms with Gasteiger partial charge in [-0.1, -0.05) is 18.2 Å². The fourth-order valence-electron chi connectivity index (χ4n) is 2.36. The molecule has 1 aliphatic rings. The van der Waals surface area contributed by atoms with Crippen LogP contribution in [0.1, 0.15) is 18.9 Å². The summed E-state index contributed by atoms with van der Waals surface area (Å²) in [5.41, 5.74) is 7.27. The predicted molar refractivity (Wildman–Crippen MR) is 60.9 cm³/mol. The van der Waals surface area contributed by atoms with Crippen LogP contribution in [0.15, 0.2) is 24.3 Å². The Morgan fingerprint density at radius 2 is 2.07 bits per heavy atom. The molecule has 0 saturated heterocycles. The van der Waals surface area contributed by atoms with Gasteiger partial charge in [-0.05, 0) is 31.5 Å². The Bertz CT molecular complexity index is 402. The first-order valence-corrected chi connectivity index (χ1v) is 5.19. The number of likely N-dealkylation sites (N-methyl/N-ethyl adjacent to an activating group) is 1. The fourth-order valence-corrected chi connectivity index (χ4v) is 2.36. The van der Waals surface area contributed by atoms with E-state index in [4.69, 9.17) is 5.73 Å². The van der Waals surface area contributed by atoms with E-state index in [1.54, 1.807) is 4.90 Å². The van der Waals surface area contributed by atoms with Crippen LogP contribution in [-0.4, -0.2) is 19.5 Å². The molecule has 2 N–H and O–H groups in total.